The molecule has 2 heterocycles. The first-order chi connectivity index (χ1) is 7.18. The molecule has 2 aromatic heterocycles. The van der Waals surface area contributed by atoms with Crippen LogP contribution in [0.1, 0.15) is 22.4 Å². The lowest BCUT2D eigenvalue weighted by atomic mass is 10.0. The van der Waals surface area contributed by atoms with E-state index in [0.717, 1.165) is 5.69 Å². The van der Waals surface area contributed by atoms with Crippen LogP contribution in [0, 0.1) is 6.92 Å². The second-order valence-corrected chi connectivity index (χ2v) is 5.28. The summed E-state index contributed by atoms with van der Waals surface area (Å²) in [5.74, 6) is 0. The van der Waals surface area contributed by atoms with Crippen LogP contribution in [0.15, 0.2) is 23.0 Å². The minimum absolute atomic E-state index is 0.348. The Bertz CT molecular complexity index is 435. The first kappa shape index (κ1) is 10.8. The van der Waals surface area contributed by atoms with Gasteiger partial charge in [-0.15, -0.1) is 22.7 Å². The summed E-state index contributed by atoms with van der Waals surface area (Å²) in [7, 11) is 1.75. The molecule has 0 saturated heterocycles. The third-order valence-corrected chi connectivity index (χ3v) is 4.78. The second kappa shape index (κ2) is 4.04. The molecule has 4 heteroatoms. The number of aromatic nitrogens is 1. The van der Waals surface area contributed by atoms with E-state index < -0.39 is 0 Å². The van der Waals surface area contributed by atoms with Crippen molar-refractivity contribution in [1.82, 2.24) is 4.98 Å². The molecule has 0 bridgehead atoms. The van der Waals surface area contributed by atoms with Gasteiger partial charge in [0.2, 0.25) is 0 Å². The summed E-state index contributed by atoms with van der Waals surface area (Å²) in [6, 6.07) is 4.15. The number of thiophene rings is 1. The summed E-state index contributed by atoms with van der Waals surface area (Å²) in [5, 5.41) is 2.07. The summed E-state index contributed by atoms with van der Waals surface area (Å²) in [4.78, 5) is 6.69. The molecule has 2 rings (SSSR count). The van der Waals surface area contributed by atoms with Crippen molar-refractivity contribution in [2.24, 2.45) is 0 Å². The molecule has 0 aliphatic carbocycles. The highest BCUT2D eigenvalue weighted by Gasteiger charge is 2.32. The number of aryl methyl sites for hydroxylation is 1. The molecule has 0 saturated carbocycles. The maximum atomic E-state index is 5.69. The van der Waals surface area contributed by atoms with Crippen LogP contribution in [-0.4, -0.2) is 12.1 Å². The lowest BCUT2D eigenvalue weighted by Gasteiger charge is -2.26. The fraction of sp³-hybridized carbons (Fsp3) is 0.364. The largest absolute Gasteiger partial charge is 0.367 e. The van der Waals surface area contributed by atoms with Crippen molar-refractivity contribution >= 4 is 22.7 Å². The van der Waals surface area contributed by atoms with Crippen molar-refractivity contribution in [2.75, 3.05) is 7.11 Å². The zero-order chi connectivity index (χ0) is 10.9. The Kier molecular flexibility index (Phi) is 2.91. The van der Waals surface area contributed by atoms with Crippen molar-refractivity contribution in [1.29, 1.82) is 0 Å². The molecule has 0 radical (unpaired) electrons. The Morgan fingerprint density at radius 2 is 2.20 bits per heavy atom. The summed E-state index contributed by atoms with van der Waals surface area (Å²) >= 11 is 3.37. The van der Waals surface area contributed by atoms with Crippen molar-refractivity contribution in [2.45, 2.75) is 19.4 Å². The molecule has 0 aromatic carbocycles. The fourth-order valence-corrected chi connectivity index (χ4v) is 3.51. The van der Waals surface area contributed by atoms with Gasteiger partial charge in [0.1, 0.15) is 5.60 Å². The average molecular weight is 239 g/mol. The Hall–Kier alpha value is -0.710. The summed E-state index contributed by atoms with van der Waals surface area (Å²) < 4.78 is 5.69. The standard InChI is InChI=1S/C11H13NOS2/c1-8-10(15-7-12-8)11(2,13-3)9-5-4-6-14-9/h4-7H,1-3H3. The van der Waals surface area contributed by atoms with Crippen LogP contribution >= 0.6 is 22.7 Å². The van der Waals surface area contributed by atoms with E-state index in [0.29, 0.717) is 0 Å². The molecule has 0 N–H and O–H groups in total. The molecule has 1 atom stereocenters. The Morgan fingerprint density at radius 1 is 1.40 bits per heavy atom. The molecule has 0 amide bonds. The SMILES string of the molecule is COC(C)(c1cccs1)c1scnc1C. The van der Waals surface area contributed by atoms with Crippen LogP contribution in [0.25, 0.3) is 0 Å². The van der Waals surface area contributed by atoms with Gasteiger partial charge in [0.25, 0.3) is 0 Å². The predicted molar refractivity (Wildman–Crippen MR) is 64.6 cm³/mol. The van der Waals surface area contributed by atoms with E-state index in [2.05, 4.69) is 23.4 Å². The van der Waals surface area contributed by atoms with E-state index in [1.807, 2.05) is 18.5 Å². The van der Waals surface area contributed by atoms with E-state index in [9.17, 15) is 0 Å². The van der Waals surface area contributed by atoms with E-state index >= 15 is 0 Å². The van der Waals surface area contributed by atoms with Gasteiger partial charge in [0, 0.05) is 12.0 Å². The number of rotatable bonds is 3. The lowest BCUT2D eigenvalue weighted by molar-refractivity contribution is 0.0447. The van der Waals surface area contributed by atoms with E-state index in [-0.39, 0.29) is 5.60 Å². The highest BCUT2D eigenvalue weighted by Crippen LogP contribution is 2.38. The van der Waals surface area contributed by atoms with E-state index in [1.54, 1.807) is 29.8 Å². The zero-order valence-electron chi connectivity index (χ0n) is 8.98. The van der Waals surface area contributed by atoms with Crippen LogP contribution in [0.2, 0.25) is 0 Å². The van der Waals surface area contributed by atoms with Gasteiger partial charge in [0.05, 0.1) is 16.1 Å². The zero-order valence-corrected chi connectivity index (χ0v) is 10.6. The summed E-state index contributed by atoms with van der Waals surface area (Å²) in [5.41, 5.74) is 2.58. The number of hydrogen-bond donors (Lipinski definition) is 0. The Labute approximate surface area is 97.6 Å². The number of thiazole rings is 1. The molecule has 15 heavy (non-hydrogen) atoms. The van der Waals surface area contributed by atoms with E-state index in [1.165, 1.54) is 9.75 Å². The molecule has 0 aliphatic rings. The van der Waals surface area contributed by atoms with Gasteiger partial charge in [0.15, 0.2) is 0 Å². The average Bonchev–Trinajstić information content (AvgIpc) is 2.87. The summed E-state index contributed by atoms with van der Waals surface area (Å²) in [6.45, 7) is 4.12. The van der Waals surface area contributed by atoms with Crippen molar-refractivity contribution in [3.05, 3.63) is 38.5 Å². The molecule has 2 aromatic rings. The molecular weight excluding hydrogens is 226 g/mol. The van der Waals surface area contributed by atoms with Gasteiger partial charge < -0.3 is 4.74 Å². The minimum atomic E-state index is -0.348. The monoisotopic (exact) mass is 239 g/mol. The van der Waals surface area contributed by atoms with Crippen LogP contribution in [0.5, 0.6) is 0 Å². The highest BCUT2D eigenvalue weighted by molar-refractivity contribution is 7.11. The van der Waals surface area contributed by atoms with Gasteiger partial charge in [-0.3, -0.25) is 0 Å². The molecular formula is C11H13NOS2. The molecule has 0 aliphatic heterocycles. The van der Waals surface area contributed by atoms with Crippen LogP contribution in [0.4, 0.5) is 0 Å². The fourth-order valence-electron chi connectivity index (χ4n) is 1.61. The number of ether oxygens (including phenoxy) is 1. The molecule has 0 fully saturated rings. The molecule has 1 unspecified atom stereocenters. The molecule has 2 nitrogen and oxygen atoms in total. The first-order valence-electron chi connectivity index (χ1n) is 4.68. The van der Waals surface area contributed by atoms with Crippen LogP contribution in [-0.2, 0) is 10.3 Å². The second-order valence-electron chi connectivity index (χ2n) is 3.48. The normalized spacial score (nSPS) is 15.1. The Balaban J connectivity index is 2.51. The van der Waals surface area contributed by atoms with Crippen molar-refractivity contribution in [3.63, 3.8) is 0 Å². The third kappa shape index (κ3) is 1.73. The van der Waals surface area contributed by atoms with Crippen molar-refractivity contribution < 1.29 is 4.74 Å². The third-order valence-electron chi connectivity index (χ3n) is 2.58. The molecule has 80 valence electrons. The molecule has 0 spiro atoms. The van der Waals surface area contributed by atoms with Gasteiger partial charge in [-0.05, 0) is 25.3 Å². The topological polar surface area (TPSA) is 22.1 Å². The number of nitrogens with zero attached hydrogens (tertiary/aromatic N) is 1. The lowest BCUT2D eigenvalue weighted by Crippen LogP contribution is -2.24. The Morgan fingerprint density at radius 3 is 2.67 bits per heavy atom. The first-order valence-corrected chi connectivity index (χ1v) is 6.44. The van der Waals surface area contributed by atoms with Gasteiger partial charge in [-0.1, -0.05) is 6.07 Å². The number of hydrogen-bond acceptors (Lipinski definition) is 4. The minimum Gasteiger partial charge on any atom is -0.367 e. The number of methoxy groups -OCH3 is 1. The summed E-state index contributed by atoms with van der Waals surface area (Å²) in [6.07, 6.45) is 0. The maximum Gasteiger partial charge on any atom is 0.135 e. The van der Waals surface area contributed by atoms with Crippen LogP contribution in [0.3, 0.4) is 0 Å². The van der Waals surface area contributed by atoms with Gasteiger partial charge >= 0.3 is 0 Å². The van der Waals surface area contributed by atoms with Crippen LogP contribution < -0.4 is 0 Å². The predicted octanol–water partition coefficient (Wildman–Crippen LogP) is 3.42. The van der Waals surface area contributed by atoms with Crippen molar-refractivity contribution in [3.8, 4) is 0 Å². The van der Waals surface area contributed by atoms with Gasteiger partial charge in [-0.2, -0.15) is 0 Å². The quantitative estimate of drug-likeness (QED) is 0.818. The highest BCUT2D eigenvalue weighted by atomic mass is 32.1. The van der Waals surface area contributed by atoms with E-state index in [4.69, 9.17) is 4.74 Å². The smallest absolute Gasteiger partial charge is 0.135 e. The van der Waals surface area contributed by atoms with Gasteiger partial charge in [-0.25, -0.2) is 4.98 Å². The maximum absolute atomic E-state index is 5.69.